The van der Waals surface area contributed by atoms with Gasteiger partial charge in [-0.15, -0.1) is 0 Å². The Kier molecular flexibility index (Phi) is 33.0. The van der Waals surface area contributed by atoms with Crippen molar-refractivity contribution in [1.82, 2.24) is 0 Å². The van der Waals surface area contributed by atoms with Gasteiger partial charge in [-0.25, -0.2) is 4.57 Å². The number of phosphoric acid groups is 1. The zero-order chi connectivity index (χ0) is 36.3. The summed E-state index contributed by atoms with van der Waals surface area (Å²) in [4.78, 5) is 42.7. The number of carbonyl (C=O) groups excluding carboxylic acids is 2. The molecule has 0 aromatic rings. The summed E-state index contributed by atoms with van der Waals surface area (Å²) in [5, 5.41) is 10.2. The lowest BCUT2D eigenvalue weighted by atomic mass is 10.1. The highest BCUT2D eigenvalue weighted by Gasteiger charge is 2.23. The van der Waals surface area contributed by atoms with Crippen molar-refractivity contribution in [2.24, 2.45) is 0 Å². The molecule has 10 heteroatoms. The Labute approximate surface area is 297 Å². The fourth-order valence-electron chi connectivity index (χ4n) is 5.02. The van der Waals surface area contributed by atoms with Crippen LogP contribution in [0.25, 0.3) is 0 Å². The number of phosphoric ester groups is 1. The van der Waals surface area contributed by atoms with E-state index in [1.165, 1.54) is 64.2 Å². The Bertz CT molecular complexity index is 954. The topological polar surface area (TPSA) is 140 Å². The largest absolute Gasteiger partial charge is 0.469 e. The van der Waals surface area contributed by atoms with Crippen LogP contribution in [0.3, 0.4) is 0 Å². The standard InChI is InChI=1S/C39H69O9P/c1-3-5-7-9-11-13-15-17-19-21-23-25-27-30-36(40)31-29-33-38(41)46-34-37(35-47-49(43,44)45)48-39(42)32-28-26-24-22-20-18-16-14-12-10-8-6-4-2/h14,16-17,19,23,25,27,30,36-37,40H,3-13,15,18,20-22,24,26,28-29,31-35H2,1-2H3,(H2,43,44,45)/b16-14-,19-17+,25-23+,30-27+/t36?,37-/m1/s1. The number of unbranched alkanes of at least 4 members (excludes halogenated alkanes) is 15. The summed E-state index contributed by atoms with van der Waals surface area (Å²) < 4.78 is 26.2. The SMILES string of the molecule is CCCCCC/C=C\CCCCCCCC(=O)O[C@H](COC(=O)CCCC(O)/C=C/C=C/C/C=C/CCCCCCCC)COP(=O)(O)O. The Morgan fingerprint density at radius 1 is 0.633 bits per heavy atom. The molecule has 0 fully saturated rings. The van der Waals surface area contributed by atoms with Crippen molar-refractivity contribution in [1.29, 1.82) is 0 Å². The second kappa shape index (κ2) is 34.4. The first-order valence-electron chi connectivity index (χ1n) is 19.0. The van der Waals surface area contributed by atoms with Gasteiger partial charge in [-0.2, -0.15) is 0 Å². The highest BCUT2D eigenvalue weighted by Crippen LogP contribution is 2.36. The number of esters is 2. The molecule has 0 aromatic heterocycles. The van der Waals surface area contributed by atoms with E-state index in [1.54, 1.807) is 12.2 Å². The zero-order valence-corrected chi connectivity index (χ0v) is 31.6. The molecule has 1 unspecified atom stereocenters. The van der Waals surface area contributed by atoms with E-state index in [-0.39, 0.29) is 19.4 Å². The molecular formula is C39H69O9P. The molecule has 3 N–H and O–H groups in total. The number of aliphatic hydroxyl groups is 1. The number of hydrogen-bond donors (Lipinski definition) is 3. The fourth-order valence-corrected chi connectivity index (χ4v) is 5.38. The van der Waals surface area contributed by atoms with Gasteiger partial charge in [-0.1, -0.05) is 133 Å². The van der Waals surface area contributed by atoms with Gasteiger partial charge in [0.25, 0.3) is 0 Å². The van der Waals surface area contributed by atoms with Crippen molar-refractivity contribution >= 4 is 19.8 Å². The van der Waals surface area contributed by atoms with Gasteiger partial charge in [0.05, 0.1) is 12.7 Å². The third-order valence-corrected chi connectivity index (χ3v) is 8.41. The third-order valence-electron chi connectivity index (χ3n) is 7.92. The van der Waals surface area contributed by atoms with E-state index in [0.717, 1.165) is 51.4 Å². The van der Waals surface area contributed by atoms with Crippen LogP contribution in [0, 0.1) is 0 Å². The average Bonchev–Trinajstić information content (AvgIpc) is 3.06. The number of hydrogen-bond acceptors (Lipinski definition) is 7. The molecular weight excluding hydrogens is 643 g/mol. The summed E-state index contributed by atoms with van der Waals surface area (Å²) in [5.41, 5.74) is 0. The van der Waals surface area contributed by atoms with Crippen LogP contribution in [-0.4, -0.2) is 52.3 Å². The van der Waals surface area contributed by atoms with Crippen LogP contribution in [0.15, 0.2) is 48.6 Å². The molecule has 0 saturated carbocycles. The molecule has 9 nitrogen and oxygen atoms in total. The number of rotatable bonds is 34. The third kappa shape index (κ3) is 37.1. The molecule has 0 bridgehead atoms. The monoisotopic (exact) mass is 712 g/mol. The minimum absolute atomic E-state index is 0.0406. The van der Waals surface area contributed by atoms with Crippen molar-refractivity contribution in [3.05, 3.63) is 48.6 Å². The van der Waals surface area contributed by atoms with Crippen molar-refractivity contribution in [3.8, 4) is 0 Å². The Morgan fingerprint density at radius 2 is 1.16 bits per heavy atom. The van der Waals surface area contributed by atoms with E-state index in [9.17, 15) is 19.3 Å². The maximum Gasteiger partial charge on any atom is 0.469 e. The Balaban J connectivity index is 4.18. The molecule has 0 rings (SSSR count). The number of carbonyl (C=O) groups is 2. The van der Waals surface area contributed by atoms with Gasteiger partial charge in [-0.3, -0.25) is 14.1 Å². The van der Waals surface area contributed by atoms with Gasteiger partial charge < -0.3 is 24.4 Å². The van der Waals surface area contributed by atoms with Crippen LogP contribution in [0.1, 0.15) is 162 Å². The van der Waals surface area contributed by atoms with Crippen LogP contribution < -0.4 is 0 Å². The van der Waals surface area contributed by atoms with Crippen LogP contribution in [0.4, 0.5) is 0 Å². The molecule has 0 aliphatic rings. The van der Waals surface area contributed by atoms with Crippen molar-refractivity contribution in [2.45, 2.75) is 174 Å². The molecule has 0 heterocycles. The van der Waals surface area contributed by atoms with Crippen molar-refractivity contribution < 1.29 is 43.0 Å². The summed E-state index contributed by atoms with van der Waals surface area (Å²) >= 11 is 0. The smallest absolute Gasteiger partial charge is 0.462 e. The highest BCUT2D eigenvalue weighted by atomic mass is 31.2. The normalized spacial score (nSPS) is 13.7. The van der Waals surface area contributed by atoms with E-state index in [4.69, 9.17) is 19.3 Å². The maximum absolute atomic E-state index is 12.3. The van der Waals surface area contributed by atoms with Gasteiger partial charge in [0.2, 0.25) is 0 Å². The molecule has 0 aliphatic heterocycles. The summed E-state index contributed by atoms with van der Waals surface area (Å²) in [6.07, 6.45) is 37.2. The van der Waals surface area contributed by atoms with Gasteiger partial charge in [0.15, 0.2) is 6.10 Å². The highest BCUT2D eigenvalue weighted by molar-refractivity contribution is 7.46. The first-order valence-corrected chi connectivity index (χ1v) is 20.6. The molecule has 0 aromatic carbocycles. The van der Waals surface area contributed by atoms with Crippen molar-refractivity contribution in [3.63, 3.8) is 0 Å². The second-order valence-corrected chi connectivity index (χ2v) is 14.0. The Hall–Kier alpha value is -2.03. The molecule has 0 saturated heterocycles. The van der Waals surface area contributed by atoms with E-state index in [1.807, 2.05) is 12.2 Å². The molecule has 0 amide bonds. The van der Waals surface area contributed by atoms with Gasteiger partial charge in [0, 0.05) is 12.8 Å². The lowest BCUT2D eigenvalue weighted by molar-refractivity contribution is -0.161. The van der Waals surface area contributed by atoms with Gasteiger partial charge in [0.1, 0.15) is 6.61 Å². The lowest BCUT2D eigenvalue weighted by Gasteiger charge is -2.18. The second-order valence-electron chi connectivity index (χ2n) is 12.7. The first-order chi connectivity index (χ1) is 23.7. The predicted molar refractivity (Wildman–Crippen MR) is 199 cm³/mol. The summed E-state index contributed by atoms with van der Waals surface area (Å²) in [6, 6.07) is 0. The molecule has 0 spiro atoms. The lowest BCUT2D eigenvalue weighted by Crippen LogP contribution is -2.29. The maximum atomic E-state index is 12.3. The minimum Gasteiger partial charge on any atom is -0.462 e. The summed E-state index contributed by atoms with van der Waals surface area (Å²) in [7, 11) is -4.80. The van der Waals surface area contributed by atoms with Crippen LogP contribution >= 0.6 is 7.82 Å². The van der Waals surface area contributed by atoms with Crippen LogP contribution in [0.2, 0.25) is 0 Å². The number of aliphatic hydroxyl groups excluding tert-OH is 1. The van der Waals surface area contributed by atoms with Gasteiger partial charge in [-0.05, 0) is 64.2 Å². The number of allylic oxidation sites excluding steroid dienone is 7. The molecule has 49 heavy (non-hydrogen) atoms. The Morgan fingerprint density at radius 3 is 1.78 bits per heavy atom. The van der Waals surface area contributed by atoms with E-state index in [2.05, 4.69) is 42.7 Å². The van der Waals surface area contributed by atoms with Crippen LogP contribution in [0.5, 0.6) is 0 Å². The summed E-state index contributed by atoms with van der Waals surface area (Å²) in [5.74, 6) is -1.10. The molecule has 0 aliphatic carbocycles. The summed E-state index contributed by atoms with van der Waals surface area (Å²) in [6.45, 7) is 3.47. The quantitative estimate of drug-likeness (QED) is 0.0195. The van der Waals surface area contributed by atoms with E-state index < -0.39 is 38.6 Å². The molecule has 0 radical (unpaired) electrons. The molecule has 2 atom stereocenters. The average molecular weight is 713 g/mol. The van der Waals surface area contributed by atoms with Gasteiger partial charge >= 0.3 is 19.8 Å². The first kappa shape index (κ1) is 47.0. The van der Waals surface area contributed by atoms with E-state index >= 15 is 0 Å². The number of ether oxygens (including phenoxy) is 2. The van der Waals surface area contributed by atoms with E-state index in [0.29, 0.717) is 19.3 Å². The fraction of sp³-hybridized carbons (Fsp3) is 0.744. The van der Waals surface area contributed by atoms with Crippen LogP contribution in [-0.2, 0) is 28.2 Å². The molecule has 284 valence electrons. The van der Waals surface area contributed by atoms with Crippen molar-refractivity contribution in [2.75, 3.05) is 13.2 Å². The zero-order valence-electron chi connectivity index (χ0n) is 30.7. The minimum atomic E-state index is -4.80. The predicted octanol–water partition coefficient (Wildman–Crippen LogP) is 10.1.